The Balaban J connectivity index is 2.12. The largest absolute Gasteiger partial charge is 0.292 e. The van der Waals surface area contributed by atoms with Gasteiger partial charge in [-0.25, -0.2) is 4.98 Å². The third-order valence-electron chi connectivity index (χ3n) is 3.42. The summed E-state index contributed by atoms with van der Waals surface area (Å²) in [5.41, 5.74) is 1.15. The third-order valence-corrected chi connectivity index (χ3v) is 5.51. The molecule has 3 aromatic rings. The molecule has 0 bridgehead atoms. The van der Waals surface area contributed by atoms with Gasteiger partial charge in [-0.3, -0.25) is 9.36 Å². The monoisotopic (exact) mass is 440 g/mol. The van der Waals surface area contributed by atoms with E-state index in [4.69, 9.17) is 4.98 Å². The van der Waals surface area contributed by atoms with E-state index in [0.29, 0.717) is 11.9 Å². The average molecular weight is 442 g/mol. The van der Waals surface area contributed by atoms with Crippen molar-refractivity contribution in [1.82, 2.24) is 9.55 Å². The standard InChI is InChI=1S/C16H14Br2N2OS/c17-8-4-7-14-19-15-12(9-13(18)22-15)16(21)20(14)10-11-5-2-1-3-6-11/h1-3,5-6,9H,4,7-8,10H2. The quantitative estimate of drug-likeness (QED) is 0.542. The normalized spacial score (nSPS) is 11.2. The smallest absolute Gasteiger partial charge is 0.262 e. The summed E-state index contributed by atoms with van der Waals surface area (Å²) >= 11 is 8.41. The Kier molecular flexibility index (Phi) is 5.10. The van der Waals surface area contributed by atoms with Crippen LogP contribution in [-0.2, 0) is 13.0 Å². The molecule has 0 aliphatic carbocycles. The lowest BCUT2D eigenvalue weighted by molar-refractivity contribution is 0.668. The summed E-state index contributed by atoms with van der Waals surface area (Å²) < 4.78 is 2.75. The zero-order valence-electron chi connectivity index (χ0n) is 11.8. The Bertz CT molecular complexity index is 842. The fourth-order valence-electron chi connectivity index (χ4n) is 2.37. The minimum absolute atomic E-state index is 0.0420. The highest BCUT2D eigenvalue weighted by molar-refractivity contribution is 9.11. The van der Waals surface area contributed by atoms with Crippen molar-refractivity contribution in [3.8, 4) is 0 Å². The summed E-state index contributed by atoms with van der Waals surface area (Å²) in [5.74, 6) is 0.857. The van der Waals surface area contributed by atoms with E-state index in [1.54, 1.807) is 4.57 Å². The second-order valence-electron chi connectivity index (χ2n) is 4.97. The second-order valence-corrected chi connectivity index (χ2v) is 8.17. The number of thiophene rings is 1. The number of halogens is 2. The Hall–Kier alpha value is -0.980. The molecule has 3 nitrogen and oxygen atoms in total. The molecule has 0 radical (unpaired) electrons. The maximum atomic E-state index is 12.8. The molecule has 2 aromatic heterocycles. The van der Waals surface area contributed by atoms with Crippen molar-refractivity contribution in [3.05, 3.63) is 61.9 Å². The highest BCUT2D eigenvalue weighted by Gasteiger charge is 2.13. The van der Waals surface area contributed by atoms with Crippen molar-refractivity contribution < 1.29 is 0 Å². The first-order valence-corrected chi connectivity index (χ1v) is 9.71. The Labute approximate surface area is 149 Å². The molecule has 0 fully saturated rings. The van der Waals surface area contributed by atoms with Gasteiger partial charge >= 0.3 is 0 Å². The van der Waals surface area contributed by atoms with Gasteiger partial charge in [0, 0.05) is 11.8 Å². The van der Waals surface area contributed by atoms with E-state index >= 15 is 0 Å². The number of fused-ring (bicyclic) bond motifs is 1. The topological polar surface area (TPSA) is 34.9 Å². The van der Waals surface area contributed by atoms with E-state index < -0.39 is 0 Å². The van der Waals surface area contributed by atoms with Crippen molar-refractivity contribution in [2.24, 2.45) is 0 Å². The van der Waals surface area contributed by atoms with Crippen LogP contribution >= 0.6 is 43.2 Å². The molecule has 0 aliphatic rings. The van der Waals surface area contributed by atoms with Crippen LogP contribution in [0.15, 0.2) is 45.0 Å². The lowest BCUT2D eigenvalue weighted by Crippen LogP contribution is -2.25. The molecular formula is C16H14Br2N2OS. The van der Waals surface area contributed by atoms with Crippen LogP contribution in [0.2, 0.25) is 0 Å². The van der Waals surface area contributed by atoms with Gasteiger partial charge in [-0.1, -0.05) is 46.3 Å². The number of nitrogens with zero attached hydrogens (tertiary/aromatic N) is 2. The number of aromatic nitrogens is 2. The third kappa shape index (κ3) is 3.34. The predicted molar refractivity (Wildman–Crippen MR) is 99.2 cm³/mol. The number of aryl methyl sites for hydroxylation is 1. The number of alkyl halides is 1. The van der Waals surface area contributed by atoms with Crippen LogP contribution in [0.4, 0.5) is 0 Å². The van der Waals surface area contributed by atoms with Crippen LogP contribution in [0, 0.1) is 0 Å². The van der Waals surface area contributed by atoms with E-state index in [0.717, 1.165) is 38.2 Å². The van der Waals surface area contributed by atoms with Gasteiger partial charge in [-0.05, 0) is 34.0 Å². The molecule has 114 valence electrons. The molecule has 3 rings (SSSR count). The van der Waals surface area contributed by atoms with E-state index in [9.17, 15) is 4.79 Å². The molecule has 22 heavy (non-hydrogen) atoms. The van der Waals surface area contributed by atoms with Crippen molar-refractivity contribution in [1.29, 1.82) is 0 Å². The van der Waals surface area contributed by atoms with Gasteiger partial charge in [0.05, 0.1) is 15.7 Å². The van der Waals surface area contributed by atoms with Crippen LogP contribution in [0.1, 0.15) is 17.8 Å². The molecule has 6 heteroatoms. The van der Waals surface area contributed by atoms with Gasteiger partial charge in [0.25, 0.3) is 5.56 Å². The molecule has 0 aliphatic heterocycles. The van der Waals surface area contributed by atoms with Gasteiger partial charge < -0.3 is 0 Å². The molecule has 0 N–H and O–H groups in total. The summed E-state index contributed by atoms with van der Waals surface area (Å²) in [6.07, 6.45) is 1.75. The molecule has 2 heterocycles. The van der Waals surface area contributed by atoms with Gasteiger partial charge in [0.15, 0.2) is 0 Å². The number of rotatable bonds is 5. The van der Waals surface area contributed by atoms with Gasteiger partial charge in [-0.15, -0.1) is 11.3 Å². The Morgan fingerprint density at radius 1 is 1.23 bits per heavy atom. The first kappa shape index (κ1) is 15.9. The molecule has 0 spiro atoms. The summed E-state index contributed by atoms with van der Waals surface area (Å²) in [6, 6.07) is 11.9. The van der Waals surface area contributed by atoms with E-state index in [1.165, 1.54) is 11.3 Å². The van der Waals surface area contributed by atoms with Crippen LogP contribution < -0.4 is 5.56 Å². The first-order chi connectivity index (χ1) is 10.7. The zero-order valence-corrected chi connectivity index (χ0v) is 15.7. The number of hydrogen-bond donors (Lipinski definition) is 0. The molecule has 0 atom stereocenters. The lowest BCUT2D eigenvalue weighted by atomic mass is 10.2. The van der Waals surface area contributed by atoms with Crippen LogP contribution in [-0.4, -0.2) is 14.9 Å². The summed E-state index contributed by atoms with van der Waals surface area (Å²) in [7, 11) is 0. The number of hydrogen-bond acceptors (Lipinski definition) is 3. The molecule has 0 saturated heterocycles. The average Bonchev–Trinajstić information content (AvgIpc) is 2.90. The minimum Gasteiger partial charge on any atom is -0.292 e. The fourth-order valence-corrected chi connectivity index (χ4v) is 4.11. The van der Waals surface area contributed by atoms with Gasteiger partial charge in [0.1, 0.15) is 10.7 Å². The van der Waals surface area contributed by atoms with Crippen LogP contribution in [0.25, 0.3) is 10.2 Å². The fraction of sp³-hybridized carbons (Fsp3) is 0.250. The summed E-state index contributed by atoms with van der Waals surface area (Å²) in [6.45, 7) is 0.563. The maximum absolute atomic E-state index is 12.8. The van der Waals surface area contributed by atoms with Crippen molar-refractivity contribution in [3.63, 3.8) is 0 Å². The predicted octanol–water partition coefficient (Wildman–Crippen LogP) is 4.60. The summed E-state index contributed by atoms with van der Waals surface area (Å²) in [4.78, 5) is 18.4. The lowest BCUT2D eigenvalue weighted by Gasteiger charge is -2.12. The Morgan fingerprint density at radius 3 is 2.73 bits per heavy atom. The van der Waals surface area contributed by atoms with E-state index in [-0.39, 0.29) is 5.56 Å². The van der Waals surface area contributed by atoms with Crippen LogP contribution in [0.5, 0.6) is 0 Å². The van der Waals surface area contributed by atoms with Crippen molar-refractivity contribution in [2.75, 3.05) is 5.33 Å². The zero-order chi connectivity index (χ0) is 15.5. The van der Waals surface area contributed by atoms with Crippen molar-refractivity contribution >= 4 is 53.4 Å². The van der Waals surface area contributed by atoms with Crippen LogP contribution in [0.3, 0.4) is 0 Å². The SMILES string of the molecule is O=c1c2cc(Br)sc2nc(CCCBr)n1Cc1ccccc1. The molecule has 1 aromatic carbocycles. The minimum atomic E-state index is 0.0420. The Morgan fingerprint density at radius 2 is 2.00 bits per heavy atom. The summed E-state index contributed by atoms with van der Waals surface area (Å²) in [5, 5.41) is 1.59. The number of benzene rings is 1. The molecule has 0 saturated carbocycles. The highest BCUT2D eigenvalue weighted by atomic mass is 79.9. The maximum Gasteiger partial charge on any atom is 0.262 e. The van der Waals surface area contributed by atoms with E-state index in [1.807, 2.05) is 36.4 Å². The van der Waals surface area contributed by atoms with E-state index in [2.05, 4.69) is 31.9 Å². The second kappa shape index (κ2) is 7.06. The van der Waals surface area contributed by atoms with Gasteiger partial charge in [-0.2, -0.15) is 0 Å². The van der Waals surface area contributed by atoms with Gasteiger partial charge in [0.2, 0.25) is 0 Å². The first-order valence-electron chi connectivity index (χ1n) is 6.97. The highest BCUT2D eigenvalue weighted by Crippen LogP contribution is 2.26. The van der Waals surface area contributed by atoms with Crippen molar-refractivity contribution in [2.45, 2.75) is 19.4 Å². The molecular weight excluding hydrogens is 428 g/mol. The molecule has 0 unspecified atom stereocenters. The molecule has 0 amide bonds.